The number of amides is 1. The van der Waals surface area contributed by atoms with Crippen molar-refractivity contribution in [2.45, 2.75) is 53.0 Å². The minimum atomic E-state index is -0.329. The van der Waals surface area contributed by atoms with Crippen molar-refractivity contribution < 1.29 is 9.53 Å². The zero-order valence-electron chi connectivity index (χ0n) is 16.4. The first-order valence-corrected chi connectivity index (χ1v) is 9.37. The molecule has 0 aliphatic carbocycles. The third kappa shape index (κ3) is 6.51. The van der Waals surface area contributed by atoms with Crippen LogP contribution in [0.4, 0.5) is 0 Å². The Bertz CT molecular complexity index is 817. The Balaban J connectivity index is 2.05. The second kappa shape index (κ2) is 9.85. The molecule has 0 fully saturated rings. The molecule has 146 valence electrons. The fourth-order valence-corrected chi connectivity index (χ4v) is 2.33. The molecule has 1 aromatic carbocycles. The number of hydrogen-bond donors (Lipinski definition) is 2. The van der Waals surface area contributed by atoms with Gasteiger partial charge in [0.15, 0.2) is 5.82 Å². The van der Waals surface area contributed by atoms with Crippen LogP contribution in [0.15, 0.2) is 29.1 Å². The second-order valence-corrected chi connectivity index (χ2v) is 7.06. The van der Waals surface area contributed by atoms with Gasteiger partial charge in [0, 0.05) is 24.4 Å². The molecule has 0 radical (unpaired) electrons. The molecule has 27 heavy (non-hydrogen) atoms. The number of hydrogen-bond acceptors (Lipinski definition) is 5. The third-order valence-electron chi connectivity index (χ3n) is 4.06. The van der Waals surface area contributed by atoms with Crippen LogP contribution in [0, 0.1) is 5.92 Å². The molecule has 1 heterocycles. The predicted octanol–water partition coefficient (Wildman–Crippen LogP) is 2.71. The van der Waals surface area contributed by atoms with Crippen LogP contribution in [0.2, 0.25) is 0 Å². The summed E-state index contributed by atoms with van der Waals surface area (Å²) in [4.78, 5) is 26.9. The fraction of sp³-hybridized carbons (Fsp3) is 0.500. The van der Waals surface area contributed by atoms with Crippen LogP contribution in [0.1, 0.15) is 46.2 Å². The van der Waals surface area contributed by atoms with Gasteiger partial charge in [-0.25, -0.2) is 0 Å². The number of aromatic nitrogens is 3. The van der Waals surface area contributed by atoms with E-state index in [-0.39, 0.29) is 36.0 Å². The summed E-state index contributed by atoms with van der Waals surface area (Å²) in [5.74, 6) is 1.42. The second-order valence-electron chi connectivity index (χ2n) is 7.06. The number of nitrogens with zero attached hydrogens (tertiary/aromatic N) is 2. The van der Waals surface area contributed by atoms with Crippen molar-refractivity contribution in [3.63, 3.8) is 0 Å². The van der Waals surface area contributed by atoms with Crippen LogP contribution < -0.4 is 15.6 Å². The fourth-order valence-electron chi connectivity index (χ4n) is 2.33. The summed E-state index contributed by atoms with van der Waals surface area (Å²) in [6.07, 6.45) is 1.32. The summed E-state index contributed by atoms with van der Waals surface area (Å²) in [7, 11) is 0. The van der Waals surface area contributed by atoms with Crippen molar-refractivity contribution in [3.8, 4) is 17.1 Å². The van der Waals surface area contributed by atoms with Crippen molar-refractivity contribution in [2.24, 2.45) is 5.92 Å². The van der Waals surface area contributed by atoms with Crippen LogP contribution in [-0.2, 0) is 11.2 Å². The monoisotopic (exact) mass is 372 g/mol. The summed E-state index contributed by atoms with van der Waals surface area (Å²) >= 11 is 0. The molecule has 0 saturated carbocycles. The van der Waals surface area contributed by atoms with Crippen LogP contribution in [0.3, 0.4) is 0 Å². The molecule has 0 spiro atoms. The van der Waals surface area contributed by atoms with Crippen LogP contribution in [-0.4, -0.2) is 33.7 Å². The van der Waals surface area contributed by atoms with E-state index in [0.717, 1.165) is 17.7 Å². The molecule has 2 N–H and O–H groups in total. The highest BCUT2D eigenvalue weighted by atomic mass is 16.5. The number of ether oxygens (including phenoxy) is 1. The number of carbonyl (C=O) groups is 1. The standard InChI is InChI=1S/C20H28N4O3/c1-5-14(4)21-18(25)10-9-17-20(26)22-19(24-23-17)15-7-6-8-16(11-15)27-12-13(2)3/h6-8,11,13-14H,5,9-10,12H2,1-4H3,(H,21,25)(H,22,24,26)/t14-/m0/s1. The number of benzene rings is 1. The Morgan fingerprint density at radius 3 is 2.70 bits per heavy atom. The Labute approximate surface area is 159 Å². The van der Waals surface area contributed by atoms with Crippen LogP contribution in [0.25, 0.3) is 11.4 Å². The smallest absolute Gasteiger partial charge is 0.273 e. The van der Waals surface area contributed by atoms with Crippen LogP contribution in [0.5, 0.6) is 5.75 Å². The lowest BCUT2D eigenvalue weighted by Gasteiger charge is -2.11. The SMILES string of the molecule is CC[C@H](C)NC(=O)CCc1nnc(-c2cccc(OCC(C)C)c2)[nH]c1=O. The van der Waals surface area contributed by atoms with E-state index in [1.165, 1.54) is 0 Å². The minimum Gasteiger partial charge on any atom is -0.493 e. The van der Waals surface area contributed by atoms with E-state index in [2.05, 4.69) is 34.3 Å². The van der Waals surface area contributed by atoms with Crippen LogP contribution >= 0.6 is 0 Å². The Kier molecular flexibility index (Phi) is 7.52. The van der Waals surface area contributed by atoms with Gasteiger partial charge in [0.2, 0.25) is 5.91 Å². The van der Waals surface area contributed by atoms with E-state index in [4.69, 9.17) is 4.74 Å². The van der Waals surface area contributed by atoms with Gasteiger partial charge in [0.1, 0.15) is 11.4 Å². The lowest BCUT2D eigenvalue weighted by Crippen LogP contribution is -2.32. The first-order chi connectivity index (χ1) is 12.9. The maximum atomic E-state index is 12.3. The highest BCUT2D eigenvalue weighted by molar-refractivity contribution is 5.76. The van der Waals surface area contributed by atoms with Gasteiger partial charge in [0.25, 0.3) is 5.56 Å². The molecule has 2 aromatic rings. The van der Waals surface area contributed by atoms with Gasteiger partial charge in [-0.1, -0.05) is 32.9 Å². The number of H-pyrrole nitrogens is 1. The number of rotatable bonds is 9. The summed E-state index contributed by atoms with van der Waals surface area (Å²) in [5, 5.41) is 11.0. The van der Waals surface area contributed by atoms with Gasteiger partial charge in [-0.05, 0) is 31.4 Å². The molecule has 0 unspecified atom stereocenters. The Hall–Kier alpha value is -2.70. The van der Waals surface area contributed by atoms with E-state index in [0.29, 0.717) is 18.3 Å². The van der Waals surface area contributed by atoms with Crippen molar-refractivity contribution in [2.75, 3.05) is 6.61 Å². The highest BCUT2D eigenvalue weighted by Gasteiger charge is 2.11. The first kappa shape index (κ1) is 20.6. The van der Waals surface area contributed by atoms with Gasteiger partial charge >= 0.3 is 0 Å². The number of nitrogens with one attached hydrogen (secondary N) is 2. The highest BCUT2D eigenvalue weighted by Crippen LogP contribution is 2.20. The molecular formula is C20H28N4O3. The summed E-state index contributed by atoms with van der Waals surface area (Å²) in [5.41, 5.74) is 0.650. The first-order valence-electron chi connectivity index (χ1n) is 9.37. The van der Waals surface area contributed by atoms with Crippen molar-refractivity contribution in [1.29, 1.82) is 0 Å². The minimum absolute atomic E-state index is 0.0929. The Morgan fingerprint density at radius 1 is 1.26 bits per heavy atom. The normalized spacial score (nSPS) is 12.0. The van der Waals surface area contributed by atoms with Crippen molar-refractivity contribution >= 4 is 5.91 Å². The molecule has 0 saturated heterocycles. The van der Waals surface area contributed by atoms with Gasteiger partial charge < -0.3 is 15.0 Å². The molecule has 7 heteroatoms. The van der Waals surface area contributed by atoms with Gasteiger partial charge in [0.05, 0.1) is 6.61 Å². The van der Waals surface area contributed by atoms with E-state index in [1.807, 2.05) is 38.1 Å². The van der Waals surface area contributed by atoms with E-state index >= 15 is 0 Å². The molecule has 0 aliphatic rings. The quantitative estimate of drug-likeness (QED) is 0.705. The maximum absolute atomic E-state index is 12.3. The van der Waals surface area contributed by atoms with Crippen molar-refractivity contribution in [1.82, 2.24) is 20.5 Å². The summed E-state index contributed by atoms with van der Waals surface area (Å²) in [6, 6.07) is 7.48. The predicted molar refractivity (Wildman–Crippen MR) is 105 cm³/mol. The average Bonchev–Trinajstić information content (AvgIpc) is 2.65. The molecule has 1 aromatic heterocycles. The molecule has 0 bridgehead atoms. The molecular weight excluding hydrogens is 344 g/mol. The van der Waals surface area contributed by atoms with E-state index in [9.17, 15) is 9.59 Å². The number of aromatic amines is 1. The lowest BCUT2D eigenvalue weighted by molar-refractivity contribution is -0.121. The molecule has 0 aliphatic heterocycles. The largest absolute Gasteiger partial charge is 0.493 e. The number of carbonyl (C=O) groups excluding carboxylic acids is 1. The van der Waals surface area contributed by atoms with Crippen molar-refractivity contribution in [3.05, 3.63) is 40.3 Å². The molecule has 2 rings (SSSR count). The average molecular weight is 372 g/mol. The molecule has 1 atom stereocenters. The summed E-state index contributed by atoms with van der Waals surface area (Å²) in [6.45, 7) is 8.72. The van der Waals surface area contributed by atoms with Gasteiger partial charge in [-0.2, -0.15) is 0 Å². The molecule has 7 nitrogen and oxygen atoms in total. The summed E-state index contributed by atoms with van der Waals surface area (Å²) < 4.78 is 5.70. The number of aryl methyl sites for hydroxylation is 1. The maximum Gasteiger partial charge on any atom is 0.273 e. The van der Waals surface area contributed by atoms with E-state index < -0.39 is 0 Å². The Morgan fingerprint density at radius 2 is 2.04 bits per heavy atom. The third-order valence-corrected chi connectivity index (χ3v) is 4.06. The van der Waals surface area contributed by atoms with Gasteiger partial charge in [-0.3, -0.25) is 9.59 Å². The topological polar surface area (TPSA) is 97.0 Å². The lowest BCUT2D eigenvalue weighted by atomic mass is 10.2. The zero-order chi connectivity index (χ0) is 19.8. The van der Waals surface area contributed by atoms with Gasteiger partial charge in [-0.15, -0.1) is 10.2 Å². The molecule has 1 amide bonds. The zero-order valence-corrected chi connectivity index (χ0v) is 16.4. The van der Waals surface area contributed by atoms with E-state index in [1.54, 1.807) is 0 Å².